The molecular formula is C19H24N4O. The molecule has 1 aromatic carbocycles. The summed E-state index contributed by atoms with van der Waals surface area (Å²) in [7, 11) is 1.91. The van der Waals surface area contributed by atoms with Crippen LogP contribution in [0.15, 0.2) is 42.6 Å². The Hall–Kier alpha value is -2.43. The maximum atomic E-state index is 12.9. The summed E-state index contributed by atoms with van der Waals surface area (Å²) in [4.78, 5) is 25.6. The predicted molar refractivity (Wildman–Crippen MR) is 95.5 cm³/mol. The van der Waals surface area contributed by atoms with Gasteiger partial charge in [-0.05, 0) is 43.9 Å². The van der Waals surface area contributed by atoms with Crippen molar-refractivity contribution in [3.05, 3.63) is 48.3 Å². The molecule has 1 aromatic heterocycles. The molecule has 1 aliphatic heterocycles. The van der Waals surface area contributed by atoms with Gasteiger partial charge >= 0.3 is 0 Å². The molecule has 1 saturated heterocycles. The number of hydrogen-bond acceptors (Lipinski definition) is 4. The Kier molecular flexibility index (Phi) is 5.08. The van der Waals surface area contributed by atoms with E-state index in [0.717, 1.165) is 31.5 Å². The van der Waals surface area contributed by atoms with Crippen molar-refractivity contribution in [1.82, 2.24) is 14.9 Å². The summed E-state index contributed by atoms with van der Waals surface area (Å²) in [6, 6.07) is 12.0. The van der Waals surface area contributed by atoms with Gasteiger partial charge in [-0.1, -0.05) is 25.1 Å². The average molecular weight is 324 g/mol. The Bertz CT molecular complexity index is 689. The van der Waals surface area contributed by atoms with Crippen molar-refractivity contribution < 1.29 is 4.79 Å². The van der Waals surface area contributed by atoms with E-state index in [1.54, 1.807) is 12.3 Å². The van der Waals surface area contributed by atoms with Crippen LogP contribution in [0.5, 0.6) is 0 Å². The maximum absolute atomic E-state index is 12.9. The Balaban J connectivity index is 1.83. The van der Waals surface area contributed by atoms with Crippen LogP contribution in [0.25, 0.3) is 0 Å². The summed E-state index contributed by atoms with van der Waals surface area (Å²) in [5.74, 6) is 0.559. The third-order valence-electron chi connectivity index (χ3n) is 4.66. The summed E-state index contributed by atoms with van der Waals surface area (Å²) in [6.07, 6.45) is 6.02. The number of para-hydroxylation sites is 1. The molecular weight excluding hydrogens is 300 g/mol. The van der Waals surface area contributed by atoms with Crippen LogP contribution in [-0.2, 0) is 0 Å². The fourth-order valence-corrected chi connectivity index (χ4v) is 3.24. The normalized spacial score (nSPS) is 17.6. The van der Waals surface area contributed by atoms with E-state index in [9.17, 15) is 4.79 Å². The quantitative estimate of drug-likeness (QED) is 0.861. The molecule has 0 N–H and O–H groups in total. The fourth-order valence-electron chi connectivity index (χ4n) is 3.24. The van der Waals surface area contributed by atoms with Crippen molar-refractivity contribution in [3.8, 4) is 0 Å². The van der Waals surface area contributed by atoms with Gasteiger partial charge in [0.15, 0.2) is 0 Å². The van der Waals surface area contributed by atoms with E-state index in [-0.39, 0.29) is 5.91 Å². The van der Waals surface area contributed by atoms with Gasteiger partial charge in [0.25, 0.3) is 5.91 Å². The molecule has 2 aromatic rings. The maximum Gasteiger partial charge on any atom is 0.272 e. The molecule has 2 heterocycles. The topological polar surface area (TPSA) is 49.3 Å². The smallest absolute Gasteiger partial charge is 0.272 e. The molecule has 1 atom stereocenters. The van der Waals surface area contributed by atoms with Crippen LogP contribution in [-0.4, -0.2) is 40.4 Å². The van der Waals surface area contributed by atoms with E-state index in [4.69, 9.17) is 0 Å². The van der Waals surface area contributed by atoms with Crippen molar-refractivity contribution in [1.29, 1.82) is 0 Å². The van der Waals surface area contributed by atoms with E-state index in [2.05, 4.69) is 16.9 Å². The minimum atomic E-state index is 0.0201. The predicted octanol–water partition coefficient (Wildman–Crippen LogP) is 3.65. The lowest BCUT2D eigenvalue weighted by molar-refractivity contribution is 0.0602. The molecule has 24 heavy (non-hydrogen) atoms. The molecule has 1 amide bonds. The van der Waals surface area contributed by atoms with Gasteiger partial charge in [0.2, 0.25) is 5.95 Å². The first-order chi connectivity index (χ1) is 11.7. The lowest BCUT2D eigenvalue weighted by Gasteiger charge is -2.35. The summed E-state index contributed by atoms with van der Waals surface area (Å²) in [5.41, 5.74) is 1.47. The van der Waals surface area contributed by atoms with Gasteiger partial charge in [-0.3, -0.25) is 4.79 Å². The molecule has 1 unspecified atom stereocenters. The molecule has 0 radical (unpaired) electrons. The fraction of sp³-hybridized carbons (Fsp3) is 0.421. The number of benzene rings is 1. The van der Waals surface area contributed by atoms with Crippen LogP contribution in [0.3, 0.4) is 0 Å². The van der Waals surface area contributed by atoms with E-state index < -0.39 is 0 Å². The third kappa shape index (κ3) is 3.40. The summed E-state index contributed by atoms with van der Waals surface area (Å²) < 4.78 is 0. The number of nitrogens with zero attached hydrogens (tertiary/aromatic N) is 4. The third-order valence-corrected chi connectivity index (χ3v) is 4.66. The highest BCUT2D eigenvalue weighted by atomic mass is 16.2. The number of carbonyl (C=O) groups is 1. The zero-order valence-electron chi connectivity index (χ0n) is 14.4. The Morgan fingerprint density at radius 3 is 2.79 bits per heavy atom. The molecule has 0 aliphatic carbocycles. The second-order valence-corrected chi connectivity index (χ2v) is 6.19. The SMILES string of the molecule is CCC1CCCCN1C(=O)c1ccnc(N(C)c2ccccc2)n1. The summed E-state index contributed by atoms with van der Waals surface area (Å²) in [6.45, 7) is 2.97. The zero-order chi connectivity index (χ0) is 16.9. The van der Waals surface area contributed by atoms with Crippen LogP contribution in [0.2, 0.25) is 0 Å². The van der Waals surface area contributed by atoms with Crippen molar-refractivity contribution in [3.63, 3.8) is 0 Å². The molecule has 5 nitrogen and oxygen atoms in total. The lowest BCUT2D eigenvalue weighted by atomic mass is 9.99. The lowest BCUT2D eigenvalue weighted by Crippen LogP contribution is -2.43. The van der Waals surface area contributed by atoms with E-state index in [1.807, 2.05) is 47.2 Å². The van der Waals surface area contributed by atoms with Crippen molar-refractivity contribution in [2.24, 2.45) is 0 Å². The highest BCUT2D eigenvalue weighted by Crippen LogP contribution is 2.23. The number of piperidine rings is 1. The highest BCUT2D eigenvalue weighted by Gasteiger charge is 2.27. The van der Waals surface area contributed by atoms with Gasteiger partial charge in [-0.15, -0.1) is 0 Å². The Morgan fingerprint density at radius 1 is 1.25 bits per heavy atom. The van der Waals surface area contributed by atoms with Crippen LogP contribution in [0.1, 0.15) is 43.1 Å². The molecule has 3 rings (SSSR count). The summed E-state index contributed by atoms with van der Waals surface area (Å²) in [5, 5.41) is 0. The average Bonchev–Trinajstić information content (AvgIpc) is 2.67. The van der Waals surface area contributed by atoms with E-state index >= 15 is 0 Å². The number of amides is 1. The van der Waals surface area contributed by atoms with Gasteiger partial charge < -0.3 is 9.80 Å². The second kappa shape index (κ2) is 7.43. The van der Waals surface area contributed by atoms with Crippen LogP contribution >= 0.6 is 0 Å². The number of rotatable bonds is 4. The first-order valence-electron chi connectivity index (χ1n) is 8.63. The van der Waals surface area contributed by atoms with Crippen molar-refractivity contribution in [2.75, 3.05) is 18.5 Å². The minimum Gasteiger partial charge on any atom is -0.334 e. The molecule has 0 spiro atoms. The number of aromatic nitrogens is 2. The van der Waals surface area contributed by atoms with Crippen LogP contribution < -0.4 is 4.90 Å². The number of carbonyl (C=O) groups excluding carboxylic acids is 1. The monoisotopic (exact) mass is 324 g/mol. The van der Waals surface area contributed by atoms with Crippen LogP contribution in [0.4, 0.5) is 11.6 Å². The number of hydrogen-bond donors (Lipinski definition) is 0. The summed E-state index contributed by atoms with van der Waals surface area (Å²) >= 11 is 0. The Morgan fingerprint density at radius 2 is 2.04 bits per heavy atom. The van der Waals surface area contributed by atoms with Crippen molar-refractivity contribution >= 4 is 17.5 Å². The van der Waals surface area contributed by atoms with Gasteiger partial charge in [0.1, 0.15) is 5.69 Å². The molecule has 126 valence electrons. The Labute approximate surface area is 143 Å². The van der Waals surface area contributed by atoms with Crippen molar-refractivity contribution in [2.45, 2.75) is 38.6 Å². The van der Waals surface area contributed by atoms with E-state index in [0.29, 0.717) is 17.7 Å². The first-order valence-corrected chi connectivity index (χ1v) is 8.63. The van der Waals surface area contributed by atoms with Gasteiger partial charge in [0, 0.05) is 31.5 Å². The largest absolute Gasteiger partial charge is 0.334 e. The molecule has 1 fully saturated rings. The molecule has 1 aliphatic rings. The second-order valence-electron chi connectivity index (χ2n) is 6.19. The van der Waals surface area contributed by atoms with Gasteiger partial charge in [-0.2, -0.15) is 0 Å². The number of likely N-dealkylation sites (tertiary alicyclic amines) is 1. The zero-order valence-corrected chi connectivity index (χ0v) is 14.4. The van der Waals surface area contributed by atoms with Gasteiger partial charge in [0.05, 0.1) is 0 Å². The highest BCUT2D eigenvalue weighted by molar-refractivity contribution is 5.92. The van der Waals surface area contributed by atoms with Gasteiger partial charge in [-0.25, -0.2) is 9.97 Å². The van der Waals surface area contributed by atoms with Crippen LogP contribution in [0, 0.1) is 0 Å². The van der Waals surface area contributed by atoms with E-state index in [1.165, 1.54) is 6.42 Å². The molecule has 0 bridgehead atoms. The molecule has 5 heteroatoms. The number of anilines is 2. The minimum absolute atomic E-state index is 0.0201. The first kappa shape index (κ1) is 16.4. The standard InChI is InChI=1S/C19H24N4O/c1-3-15-9-7-8-14-23(15)18(24)17-12-13-20-19(21-17)22(2)16-10-5-4-6-11-16/h4-6,10-13,15H,3,7-9,14H2,1-2H3. The molecule has 0 saturated carbocycles.